The van der Waals surface area contributed by atoms with Gasteiger partial charge in [-0.25, -0.2) is 0 Å². The van der Waals surface area contributed by atoms with Crippen LogP contribution in [0.4, 0.5) is 5.00 Å². The van der Waals surface area contributed by atoms with E-state index < -0.39 is 4.92 Å². The second-order valence-corrected chi connectivity index (χ2v) is 9.42. The van der Waals surface area contributed by atoms with E-state index in [4.69, 9.17) is 11.6 Å². The average Bonchev–Trinajstić information content (AvgIpc) is 2.92. The number of nitrogens with one attached hydrogen (secondary N) is 1. The molecule has 0 radical (unpaired) electrons. The highest BCUT2D eigenvalue weighted by molar-refractivity contribution is 7.13. The summed E-state index contributed by atoms with van der Waals surface area (Å²) < 4.78 is 0. The van der Waals surface area contributed by atoms with Crippen molar-refractivity contribution in [3.63, 3.8) is 0 Å². The number of carbonyl (C=O) groups is 1. The van der Waals surface area contributed by atoms with Crippen LogP contribution >= 0.6 is 22.9 Å². The third kappa shape index (κ3) is 2.76. The molecule has 4 aliphatic rings. The average molecular weight is 355 g/mol. The van der Waals surface area contributed by atoms with E-state index >= 15 is 0 Å². The van der Waals surface area contributed by atoms with Crippen LogP contribution in [0.15, 0.2) is 11.4 Å². The first kappa shape index (κ1) is 15.4. The maximum atomic E-state index is 12.3. The van der Waals surface area contributed by atoms with Crippen LogP contribution in [0, 0.1) is 27.4 Å². The molecule has 1 heterocycles. The van der Waals surface area contributed by atoms with E-state index in [0.29, 0.717) is 23.9 Å². The maximum absolute atomic E-state index is 12.3. The van der Waals surface area contributed by atoms with Crippen molar-refractivity contribution in [2.75, 3.05) is 6.54 Å². The van der Waals surface area contributed by atoms with E-state index in [9.17, 15) is 14.9 Å². The van der Waals surface area contributed by atoms with Gasteiger partial charge in [-0.15, -0.1) is 11.6 Å². The molecule has 0 aliphatic heterocycles. The molecule has 5 nitrogen and oxygen atoms in total. The van der Waals surface area contributed by atoms with Crippen molar-refractivity contribution in [2.24, 2.45) is 17.3 Å². The summed E-state index contributed by atoms with van der Waals surface area (Å²) in [6.07, 6.45) is 6.83. The summed E-state index contributed by atoms with van der Waals surface area (Å²) >= 11 is 7.79. The molecule has 23 heavy (non-hydrogen) atoms. The van der Waals surface area contributed by atoms with Crippen molar-refractivity contribution in [3.8, 4) is 0 Å². The van der Waals surface area contributed by atoms with Crippen molar-refractivity contribution < 1.29 is 9.72 Å². The number of hydrogen-bond acceptors (Lipinski definition) is 4. The molecule has 4 bridgehead atoms. The van der Waals surface area contributed by atoms with Crippen molar-refractivity contribution in [1.82, 2.24) is 5.32 Å². The number of alkyl halides is 1. The standard InChI is InChI=1S/C16H19ClN2O3S/c17-16-5-10-1-11(6-16)4-15(3-10,8-16)9-18-14(20)12-2-13(19(21)22)23-7-12/h2,7,10-11H,1,3-6,8-9H2,(H,18,20)/t10-,11-,15?,16?/m1/s1. The van der Waals surface area contributed by atoms with E-state index in [1.54, 1.807) is 5.38 Å². The minimum atomic E-state index is -0.461. The first-order valence-electron chi connectivity index (χ1n) is 8.07. The normalized spacial score (nSPS) is 37.8. The lowest BCUT2D eigenvalue weighted by molar-refractivity contribution is -0.380. The Kier molecular flexibility index (Phi) is 3.47. The predicted octanol–water partition coefficient (Wildman–Crippen LogP) is 3.96. The predicted molar refractivity (Wildman–Crippen MR) is 89.0 cm³/mol. The second kappa shape index (κ2) is 5.18. The van der Waals surface area contributed by atoms with Gasteiger partial charge in [0.1, 0.15) is 0 Å². The molecule has 7 heteroatoms. The zero-order chi connectivity index (χ0) is 16.2. The van der Waals surface area contributed by atoms with Crippen molar-refractivity contribution in [1.29, 1.82) is 0 Å². The molecule has 4 fully saturated rings. The van der Waals surface area contributed by atoms with Crippen LogP contribution in [0.3, 0.4) is 0 Å². The maximum Gasteiger partial charge on any atom is 0.324 e. The number of halogens is 1. The summed E-state index contributed by atoms with van der Waals surface area (Å²) in [5.41, 5.74) is 0.510. The zero-order valence-corrected chi connectivity index (χ0v) is 14.3. The van der Waals surface area contributed by atoms with Gasteiger partial charge in [-0.3, -0.25) is 14.9 Å². The van der Waals surface area contributed by atoms with Crippen LogP contribution in [-0.2, 0) is 0 Å². The Bertz CT molecular complexity index is 660. The molecule has 1 aromatic rings. The van der Waals surface area contributed by atoms with Gasteiger partial charge in [0.05, 0.1) is 10.5 Å². The van der Waals surface area contributed by atoms with Gasteiger partial charge in [0, 0.05) is 22.9 Å². The summed E-state index contributed by atoms with van der Waals surface area (Å²) in [5.74, 6) is 1.19. The molecule has 4 saturated carbocycles. The number of hydrogen-bond donors (Lipinski definition) is 1. The molecule has 1 amide bonds. The lowest BCUT2D eigenvalue weighted by Gasteiger charge is -2.60. The number of thiophene rings is 1. The van der Waals surface area contributed by atoms with E-state index in [1.807, 2.05) is 0 Å². The highest BCUT2D eigenvalue weighted by atomic mass is 35.5. The highest BCUT2D eigenvalue weighted by Crippen LogP contribution is 2.63. The van der Waals surface area contributed by atoms with Crippen molar-refractivity contribution in [2.45, 2.75) is 43.4 Å². The lowest BCUT2D eigenvalue weighted by atomic mass is 9.49. The Balaban J connectivity index is 1.44. The zero-order valence-electron chi connectivity index (χ0n) is 12.7. The number of nitro groups is 1. The van der Waals surface area contributed by atoms with Gasteiger partial charge in [-0.2, -0.15) is 0 Å². The van der Waals surface area contributed by atoms with E-state index in [-0.39, 0.29) is 21.2 Å². The molecule has 0 saturated heterocycles. The third-order valence-corrected chi connectivity index (χ3v) is 7.08. The number of rotatable bonds is 4. The summed E-state index contributed by atoms with van der Waals surface area (Å²) in [6, 6.07) is 1.35. The number of nitrogens with zero attached hydrogens (tertiary/aromatic N) is 1. The Morgan fingerprint density at radius 3 is 2.65 bits per heavy atom. The summed E-state index contributed by atoms with van der Waals surface area (Å²) in [6.45, 7) is 0.636. The summed E-state index contributed by atoms with van der Waals surface area (Å²) in [4.78, 5) is 22.5. The third-order valence-electron chi connectivity index (χ3n) is 5.76. The quantitative estimate of drug-likeness (QED) is 0.505. The second-order valence-electron chi connectivity index (χ2n) is 7.73. The topological polar surface area (TPSA) is 72.2 Å². The van der Waals surface area contributed by atoms with Crippen molar-refractivity contribution >= 4 is 33.8 Å². The minimum Gasteiger partial charge on any atom is -0.351 e. The first-order valence-corrected chi connectivity index (χ1v) is 9.32. The van der Waals surface area contributed by atoms with Crippen molar-refractivity contribution in [3.05, 3.63) is 27.1 Å². The van der Waals surface area contributed by atoms with Crippen LogP contribution in [0.25, 0.3) is 0 Å². The van der Waals surface area contributed by atoms with E-state index in [1.165, 1.54) is 12.5 Å². The van der Waals surface area contributed by atoms with Crippen LogP contribution in [0.1, 0.15) is 48.9 Å². The monoisotopic (exact) mass is 354 g/mol. The molecule has 2 atom stereocenters. The fraction of sp³-hybridized carbons (Fsp3) is 0.688. The Labute approximate surface area is 143 Å². The van der Waals surface area contributed by atoms with Crippen LogP contribution in [-0.4, -0.2) is 22.2 Å². The van der Waals surface area contributed by atoms with Gasteiger partial charge in [-0.05, 0) is 55.8 Å². The van der Waals surface area contributed by atoms with Gasteiger partial charge in [0.2, 0.25) is 0 Å². The van der Waals surface area contributed by atoms with Gasteiger partial charge in [0.15, 0.2) is 0 Å². The van der Waals surface area contributed by atoms with Gasteiger partial charge in [-0.1, -0.05) is 11.3 Å². The van der Waals surface area contributed by atoms with Crippen LogP contribution in [0.5, 0.6) is 0 Å². The SMILES string of the molecule is O=C(NCC12C[C@H]3C[C@@H](CC(Cl)(C3)C1)C2)c1csc([N+](=O)[O-])c1. The number of carbonyl (C=O) groups excluding carboxylic acids is 1. The molecule has 0 aromatic carbocycles. The van der Waals surface area contributed by atoms with E-state index in [0.717, 1.165) is 43.4 Å². The largest absolute Gasteiger partial charge is 0.351 e. The molecule has 5 rings (SSSR count). The molecule has 124 valence electrons. The fourth-order valence-electron chi connectivity index (χ4n) is 5.45. The minimum absolute atomic E-state index is 0.00432. The number of amides is 1. The summed E-state index contributed by atoms with van der Waals surface area (Å²) in [5, 5.41) is 15.3. The molecular weight excluding hydrogens is 336 g/mol. The van der Waals surface area contributed by atoms with E-state index in [2.05, 4.69) is 5.32 Å². The van der Waals surface area contributed by atoms with Gasteiger partial charge in [0.25, 0.3) is 5.91 Å². The highest BCUT2D eigenvalue weighted by Gasteiger charge is 2.56. The molecule has 1 N–H and O–H groups in total. The smallest absolute Gasteiger partial charge is 0.324 e. The molecule has 1 aromatic heterocycles. The molecule has 0 spiro atoms. The first-order chi connectivity index (χ1) is 10.9. The Morgan fingerprint density at radius 1 is 1.39 bits per heavy atom. The van der Waals surface area contributed by atoms with Crippen LogP contribution < -0.4 is 5.32 Å². The Morgan fingerprint density at radius 2 is 2.09 bits per heavy atom. The molecule has 0 unspecified atom stereocenters. The van der Waals surface area contributed by atoms with Gasteiger partial charge < -0.3 is 5.32 Å². The fourth-order valence-corrected chi connectivity index (χ4v) is 6.88. The summed E-state index contributed by atoms with van der Waals surface area (Å²) in [7, 11) is 0. The lowest BCUT2D eigenvalue weighted by Crippen LogP contribution is -2.56. The van der Waals surface area contributed by atoms with Gasteiger partial charge >= 0.3 is 5.00 Å². The Hall–Kier alpha value is -1.14. The molecule has 4 aliphatic carbocycles. The van der Waals surface area contributed by atoms with Crippen LogP contribution in [0.2, 0.25) is 0 Å². The molecular formula is C16H19ClN2O3S.